The van der Waals surface area contributed by atoms with Gasteiger partial charge in [0.25, 0.3) is 0 Å². The number of hydrogen-bond acceptors (Lipinski definition) is 4. The maximum atomic E-state index is 12.1. The summed E-state index contributed by atoms with van der Waals surface area (Å²) in [6.45, 7) is 1.94. The predicted octanol–water partition coefficient (Wildman–Crippen LogP) is 5.44. The maximum absolute atomic E-state index is 12.1. The first-order valence-corrected chi connectivity index (χ1v) is 9.53. The zero-order chi connectivity index (χ0) is 20.8. The topological polar surface area (TPSA) is 63.5 Å². The summed E-state index contributed by atoms with van der Waals surface area (Å²) < 4.78 is 10.9. The number of methoxy groups -OCH3 is 1. The lowest BCUT2D eigenvalue weighted by Gasteiger charge is -2.09. The van der Waals surface area contributed by atoms with Gasteiger partial charge in [-0.3, -0.25) is 10.1 Å². The largest absolute Gasteiger partial charge is 0.497 e. The van der Waals surface area contributed by atoms with Crippen LogP contribution in [0.25, 0.3) is 17.4 Å². The van der Waals surface area contributed by atoms with Crippen molar-refractivity contribution in [2.45, 2.75) is 6.92 Å². The number of anilines is 1. The van der Waals surface area contributed by atoms with Gasteiger partial charge in [0.1, 0.15) is 17.3 Å². The molecule has 0 unspecified atom stereocenters. The Morgan fingerprint density at radius 2 is 2.00 bits per heavy atom. The first-order chi connectivity index (χ1) is 13.9. The number of carbonyl (C=O) groups is 1. The summed E-state index contributed by atoms with van der Waals surface area (Å²) in [6, 6.07) is 16.5. The molecule has 0 aliphatic rings. The van der Waals surface area contributed by atoms with E-state index < -0.39 is 0 Å². The fourth-order valence-corrected chi connectivity index (χ4v) is 2.92. The van der Waals surface area contributed by atoms with E-state index in [9.17, 15) is 4.79 Å². The molecule has 3 aromatic rings. The van der Waals surface area contributed by atoms with E-state index >= 15 is 0 Å². The normalized spacial score (nSPS) is 10.7. The lowest BCUT2D eigenvalue weighted by atomic mass is 10.1. The molecule has 1 amide bonds. The Morgan fingerprint density at radius 3 is 2.76 bits per heavy atom. The molecule has 0 saturated heterocycles. The Bertz CT molecular complexity index is 1080. The predicted molar refractivity (Wildman–Crippen MR) is 120 cm³/mol. The van der Waals surface area contributed by atoms with E-state index in [1.807, 2.05) is 49.4 Å². The van der Waals surface area contributed by atoms with Gasteiger partial charge in [-0.05, 0) is 61.1 Å². The molecule has 2 aromatic carbocycles. The monoisotopic (exact) mass is 426 g/mol. The van der Waals surface area contributed by atoms with Crippen LogP contribution in [-0.2, 0) is 4.79 Å². The molecule has 0 fully saturated rings. The van der Waals surface area contributed by atoms with E-state index in [0.29, 0.717) is 28.0 Å². The van der Waals surface area contributed by atoms with E-state index in [4.69, 9.17) is 33.0 Å². The zero-order valence-corrected chi connectivity index (χ0v) is 17.4. The standard InChI is InChI=1S/C22H19ClN2O3S/c1-14-6-7-15(12-19(14)23)20-10-8-17(28-20)9-11-21(26)25-22(29)24-16-4-3-5-18(13-16)27-2/h3-13H,1-2H3,(H2,24,25,26,29)/b11-9+. The third kappa shape index (κ3) is 5.70. The van der Waals surface area contributed by atoms with Gasteiger partial charge in [-0.1, -0.05) is 29.8 Å². The molecule has 0 radical (unpaired) electrons. The number of aryl methyl sites for hydroxylation is 1. The second-order valence-electron chi connectivity index (χ2n) is 6.17. The minimum atomic E-state index is -0.373. The van der Waals surface area contributed by atoms with Crippen molar-refractivity contribution in [3.8, 4) is 17.1 Å². The number of hydrogen-bond donors (Lipinski definition) is 2. The van der Waals surface area contributed by atoms with Crippen LogP contribution in [0.5, 0.6) is 5.75 Å². The van der Waals surface area contributed by atoms with Crippen LogP contribution >= 0.6 is 23.8 Å². The van der Waals surface area contributed by atoms with Crippen LogP contribution in [0.15, 0.2) is 65.1 Å². The number of rotatable bonds is 5. The molecular weight excluding hydrogens is 408 g/mol. The van der Waals surface area contributed by atoms with Crippen molar-refractivity contribution in [2.75, 3.05) is 12.4 Å². The number of amides is 1. The molecule has 148 valence electrons. The summed E-state index contributed by atoms with van der Waals surface area (Å²) in [7, 11) is 1.58. The lowest BCUT2D eigenvalue weighted by molar-refractivity contribution is -0.115. The fraction of sp³-hybridized carbons (Fsp3) is 0.0909. The average molecular weight is 427 g/mol. The highest BCUT2D eigenvalue weighted by molar-refractivity contribution is 7.80. The Balaban J connectivity index is 1.58. The van der Waals surface area contributed by atoms with Crippen molar-refractivity contribution in [1.82, 2.24) is 5.32 Å². The highest BCUT2D eigenvalue weighted by Gasteiger charge is 2.06. The Hall–Kier alpha value is -3.09. The number of benzene rings is 2. The number of nitrogens with one attached hydrogen (secondary N) is 2. The van der Waals surface area contributed by atoms with Crippen LogP contribution in [0.1, 0.15) is 11.3 Å². The van der Waals surface area contributed by atoms with Gasteiger partial charge < -0.3 is 14.5 Å². The first kappa shape index (κ1) is 20.6. The summed E-state index contributed by atoms with van der Waals surface area (Å²) in [6.07, 6.45) is 2.92. The van der Waals surface area contributed by atoms with Crippen molar-refractivity contribution < 1.29 is 13.9 Å². The van der Waals surface area contributed by atoms with Gasteiger partial charge in [0.15, 0.2) is 5.11 Å². The highest BCUT2D eigenvalue weighted by atomic mass is 35.5. The number of halogens is 1. The van der Waals surface area contributed by atoms with Crippen molar-refractivity contribution in [3.63, 3.8) is 0 Å². The number of carbonyl (C=O) groups excluding carboxylic acids is 1. The quantitative estimate of drug-likeness (QED) is 0.420. The number of ether oxygens (including phenoxy) is 1. The van der Waals surface area contributed by atoms with Gasteiger partial charge in [0.2, 0.25) is 5.91 Å². The average Bonchev–Trinajstić information content (AvgIpc) is 3.17. The smallest absolute Gasteiger partial charge is 0.250 e. The van der Waals surface area contributed by atoms with E-state index in [-0.39, 0.29) is 11.0 Å². The molecule has 29 heavy (non-hydrogen) atoms. The summed E-state index contributed by atoms with van der Waals surface area (Å²) in [5.74, 6) is 1.52. The third-order valence-corrected chi connectivity index (χ3v) is 4.66. The Labute approximate surface area is 179 Å². The molecule has 0 bridgehead atoms. The van der Waals surface area contributed by atoms with E-state index in [1.54, 1.807) is 25.3 Å². The zero-order valence-electron chi connectivity index (χ0n) is 15.9. The van der Waals surface area contributed by atoms with Gasteiger partial charge in [0.05, 0.1) is 7.11 Å². The van der Waals surface area contributed by atoms with Gasteiger partial charge in [-0.2, -0.15) is 0 Å². The second-order valence-corrected chi connectivity index (χ2v) is 6.99. The van der Waals surface area contributed by atoms with E-state index in [1.165, 1.54) is 6.08 Å². The molecule has 0 aliphatic carbocycles. The number of thiocarbonyl (C=S) groups is 1. The van der Waals surface area contributed by atoms with Crippen LogP contribution in [0.2, 0.25) is 5.02 Å². The first-order valence-electron chi connectivity index (χ1n) is 8.75. The van der Waals surface area contributed by atoms with Crippen molar-refractivity contribution in [2.24, 2.45) is 0 Å². The summed E-state index contributed by atoms with van der Waals surface area (Å²) >= 11 is 11.3. The molecule has 3 rings (SSSR count). The van der Waals surface area contributed by atoms with Crippen LogP contribution in [-0.4, -0.2) is 18.1 Å². The van der Waals surface area contributed by atoms with Crippen molar-refractivity contribution in [1.29, 1.82) is 0 Å². The second kappa shape index (κ2) is 9.41. The summed E-state index contributed by atoms with van der Waals surface area (Å²) in [5.41, 5.74) is 2.58. The molecule has 1 aromatic heterocycles. The van der Waals surface area contributed by atoms with Gasteiger partial charge >= 0.3 is 0 Å². The van der Waals surface area contributed by atoms with Crippen LogP contribution in [0.4, 0.5) is 5.69 Å². The molecule has 5 nitrogen and oxygen atoms in total. The van der Waals surface area contributed by atoms with Gasteiger partial charge in [-0.15, -0.1) is 0 Å². The van der Waals surface area contributed by atoms with Gasteiger partial charge in [-0.25, -0.2) is 0 Å². The van der Waals surface area contributed by atoms with Crippen LogP contribution in [0.3, 0.4) is 0 Å². The van der Waals surface area contributed by atoms with Crippen molar-refractivity contribution in [3.05, 3.63) is 77.0 Å². The Morgan fingerprint density at radius 1 is 1.17 bits per heavy atom. The summed E-state index contributed by atoms with van der Waals surface area (Å²) in [4.78, 5) is 12.1. The number of furan rings is 1. The minimum absolute atomic E-state index is 0.183. The van der Waals surface area contributed by atoms with Crippen LogP contribution < -0.4 is 15.4 Å². The minimum Gasteiger partial charge on any atom is -0.497 e. The highest BCUT2D eigenvalue weighted by Crippen LogP contribution is 2.27. The van der Waals surface area contributed by atoms with E-state index in [0.717, 1.165) is 11.1 Å². The van der Waals surface area contributed by atoms with E-state index in [2.05, 4.69) is 10.6 Å². The molecule has 1 heterocycles. The molecular formula is C22H19ClN2O3S. The molecule has 0 atom stereocenters. The van der Waals surface area contributed by atoms with Gasteiger partial charge in [0, 0.05) is 28.4 Å². The Kier molecular flexibility index (Phi) is 6.69. The molecule has 0 aliphatic heterocycles. The van der Waals surface area contributed by atoms with Crippen LogP contribution in [0, 0.1) is 6.92 Å². The lowest BCUT2D eigenvalue weighted by Crippen LogP contribution is -2.32. The van der Waals surface area contributed by atoms with Crippen molar-refractivity contribution >= 4 is 46.6 Å². The summed E-state index contributed by atoms with van der Waals surface area (Å²) in [5, 5.41) is 6.37. The molecule has 0 spiro atoms. The molecule has 0 saturated carbocycles. The molecule has 2 N–H and O–H groups in total. The molecule has 7 heteroatoms. The third-order valence-electron chi connectivity index (χ3n) is 4.05. The fourth-order valence-electron chi connectivity index (χ4n) is 2.52. The SMILES string of the molecule is COc1cccc(NC(=S)NC(=O)/C=C/c2ccc(-c3ccc(C)c(Cl)c3)o2)c1. The maximum Gasteiger partial charge on any atom is 0.250 e.